The van der Waals surface area contributed by atoms with Crippen molar-refractivity contribution in [2.45, 2.75) is 143 Å². The molecule has 0 saturated heterocycles. The van der Waals surface area contributed by atoms with Crippen LogP contribution in [0.2, 0.25) is 0 Å². The van der Waals surface area contributed by atoms with Crippen LogP contribution >= 0.6 is 0 Å². The first-order valence-electron chi connectivity index (χ1n) is 24.6. The summed E-state index contributed by atoms with van der Waals surface area (Å²) < 4.78 is 2.46. The van der Waals surface area contributed by atoms with Gasteiger partial charge in [0, 0.05) is 38.7 Å². The van der Waals surface area contributed by atoms with Gasteiger partial charge in [0.15, 0.2) is 0 Å². The van der Waals surface area contributed by atoms with Gasteiger partial charge in [-0.2, -0.15) is 0 Å². The summed E-state index contributed by atoms with van der Waals surface area (Å²) >= 11 is 0. The number of para-hydroxylation sites is 1. The Labute approximate surface area is 401 Å². The molecule has 3 heterocycles. The van der Waals surface area contributed by atoms with E-state index in [-0.39, 0.29) is 32.5 Å². The fourth-order valence-electron chi connectivity index (χ4n) is 11.0. The van der Waals surface area contributed by atoms with Gasteiger partial charge in [-0.25, -0.2) is 0 Å². The minimum atomic E-state index is -0.205. The highest BCUT2D eigenvalue weighted by Crippen LogP contribution is 2.56. The molecule has 0 radical (unpaired) electrons. The highest BCUT2D eigenvalue weighted by Gasteiger charge is 2.41. The van der Waals surface area contributed by atoms with Crippen molar-refractivity contribution in [2.75, 3.05) is 9.80 Å². The number of nitrogens with zero attached hydrogens (tertiary/aromatic N) is 3. The topological polar surface area (TPSA) is 11.4 Å². The maximum Gasteiger partial charge on any atom is 0.0542 e. The third kappa shape index (κ3) is 7.13. The molecule has 0 amide bonds. The molecule has 0 bridgehead atoms. The zero-order valence-corrected chi connectivity index (χ0v) is 43.1. The maximum absolute atomic E-state index is 2.54. The van der Waals surface area contributed by atoms with Crippen LogP contribution in [0.1, 0.15) is 155 Å². The molecule has 1 aromatic heterocycles. The number of aromatic nitrogens is 1. The summed E-state index contributed by atoms with van der Waals surface area (Å²) in [5, 5.41) is 2.46. The summed E-state index contributed by atoms with van der Waals surface area (Å²) in [5.41, 5.74) is 21.4. The first kappa shape index (κ1) is 44.8. The SMILES string of the molecule is CC(C)(C)c1ccc2c(c1)C(C)(C)c1cc(C(C)(C)C)ccc1N2c1ccc2c(c1)c1cc(N3c4ccc(C(C)(C)C)cc4C(C)(C)c4cc(C(C)(C)C)ccc43)ccc1n2-c1ccccc1. The molecular formula is C64H71N3. The first-order valence-corrected chi connectivity index (χ1v) is 24.6. The summed E-state index contributed by atoms with van der Waals surface area (Å²) in [5.74, 6) is 0. The van der Waals surface area contributed by atoms with E-state index < -0.39 is 0 Å². The van der Waals surface area contributed by atoms with Crippen molar-refractivity contribution < 1.29 is 0 Å². The number of fused-ring (bicyclic) bond motifs is 7. The minimum Gasteiger partial charge on any atom is -0.310 e. The molecule has 342 valence electrons. The third-order valence-corrected chi connectivity index (χ3v) is 15.4. The third-order valence-electron chi connectivity index (χ3n) is 15.4. The molecule has 0 aliphatic carbocycles. The molecule has 0 atom stereocenters. The smallest absolute Gasteiger partial charge is 0.0542 e. The van der Waals surface area contributed by atoms with E-state index in [1.165, 1.54) is 89.1 Å². The van der Waals surface area contributed by atoms with Crippen LogP contribution in [0.5, 0.6) is 0 Å². The number of hydrogen-bond acceptors (Lipinski definition) is 2. The van der Waals surface area contributed by atoms with Crippen LogP contribution in [0.25, 0.3) is 27.5 Å². The number of anilines is 6. The fraction of sp³-hybridized carbons (Fsp3) is 0.344. The van der Waals surface area contributed by atoms with E-state index in [2.05, 4.69) is 265 Å². The molecule has 0 N–H and O–H groups in total. The van der Waals surface area contributed by atoms with Crippen LogP contribution < -0.4 is 9.80 Å². The highest BCUT2D eigenvalue weighted by molar-refractivity contribution is 6.12. The van der Waals surface area contributed by atoms with Crippen LogP contribution in [0.4, 0.5) is 34.1 Å². The Morgan fingerprint density at radius 3 is 0.896 bits per heavy atom. The van der Waals surface area contributed by atoms with Gasteiger partial charge in [0.1, 0.15) is 0 Å². The number of rotatable bonds is 3. The van der Waals surface area contributed by atoms with Crippen molar-refractivity contribution in [3.63, 3.8) is 0 Å². The predicted octanol–water partition coefficient (Wildman–Crippen LogP) is 18.2. The summed E-state index contributed by atoms with van der Waals surface area (Å²) in [7, 11) is 0. The average Bonchev–Trinajstić information content (AvgIpc) is 3.58. The Bertz CT molecular complexity index is 2940. The lowest BCUT2D eigenvalue weighted by molar-refractivity contribution is 0.572. The Kier molecular flexibility index (Phi) is 9.83. The lowest BCUT2D eigenvalue weighted by Gasteiger charge is -2.43. The molecule has 0 saturated carbocycles. The van der Waals surface area contributed by atoms with Crippen LogP contribution in [0.3, 0.4) is 0 Å². The van der Waals surface area contributed by atoms with Crippen molar-refractivity contribution in [3.8, 4) is 5.69 Å². The van der Waals surface area contributed by atoms with E-state index in [1.807, 2.05) is 0 Å². The van der Waals surface area contributed by atoms with E-state index in [1.54, 1.807) is 0 Å². The second kappa shape index (κ2) is 14.7. The van der Waals surface area contributed by atoms with E-state index in [9.17, 15) is 0 Å². The lowest BCUT2D eigenvalue weighted by atomic mass is 9.70. The van der Waals surface area contributed by atoms with E-state index in [4.69, 9.17) is 0 Å². The van der Waals surface area contributed by atoms with Crippen molar-refractivity contribution in [1.82, 2.24) is 4.57 Å². The molecule has 0 unspecified atom stereocenters. The standard InChI is InChI=1S/C64H71N3/c1-59(2,3)40-22-28-55-49(34-40)63(13,14)50-35-41(60(4,5)6)23-29-56(50)66(55)45-26-32-53-47(38-45)48-39-46(27-33-54(48)65(53)44-20-18-17-19-21-44)67-57-30-24-42(61(7,8)9)36-51(57)64(15,16)52-37-43(62(10,11)12)25-31-58(52)67/h17-39H,1-16H3. The molecule has 10 rings (SSSR count). The van der Waals surface area contributed by atoms with Crippen LogP contribution in [-0.4, -0.2) is 4.57 Å². The summed E-state index contributed by atoms with van der Waals surface area (Å²) in [6, 6.07) is 54.2. The fourth-order valence-corrected chi connectivity index (χ4v) is 11.0. The van der Waals surface area contributed by atoms with Crippen molar-refractivity contribution in [1.29, 1.82) is 0 Å². The molecule has 2 aliphatic rings. The van der Waals surface area contributed by atoms with Crippen LogP contribution in [0, 0.1) is 0 Å². The molecule has 2 aliphatic heterocycles. The lowest BCUT2D eigenvalue weighted by Crippen LogP contribution is -2.32. The van der Waals surface area contributed by atoms with Gasteiger partial charge < -0.3 is 14.4 Å². The molecule has 0 fully saturated rings. The second-order valence-electron chi connectivity index (χ2n) is 24.9. The van der Waals surface area contributed by atoms with Gasteiger partial charge in [0.25, 0.3) is 0 Å². The van der Waals surface area contributed by atoms with Gasteiger partial charge in [-0.15, -0.1) is 0 Å². The van der Waals surface area contributed by atoms with Gasteiger partial charge in [-0.05, 0) is 139 Å². The quantitative estimate of drug-likeness (QED) is 0.175. The van der Waals surface area contributed by atoms with Gasteiger partial charge in [0.2, 0.25) is 0 Å². The molecule has 8 aromatic rings. The Hall–Kier alpha value is -6.06. The monoisotopic (exact) mass is 882 g/mol. The molecule has 0 spiro atoms. The van der Waals surface area contributed by atoms with E-state index in [0.717, 1.165) is 17.1 Å². The molecule has 3 nitrogen and oxygen atoms in total. The predicted molar refractivity (Wildman–Crippen MR) is 289 cm³/mol. The summed E-state index contributed by atoms with van der Waals surface area (Å²) in [6.07, 6.45) is 0. The largest absolute Gasteiger partial charge is 0.310 e. The highest BCUT2D eigenvalue weighted by atomic mass is 15.2. The minimum absolute atomic E-state index is 0.0221. The van der Waals surface area contributed by atoms with Crippen LogP contribution in [-0.2, 0) is 32.5 Å². The van der Waals surface area contributed by atoms with Gasteiger partial charge >= 0.3 is 0 Å². The van der Waals surface area contributed by atoms with Crippen molar-refractivity contribution in [2.24, 2.45) is 0 Å². The normalized spacial score (nSPS) is 15.6. The Morgan fingerprint density at radius 1 is 0.313 bits per heavy atom. The van der Waals surface area contributed by atoms with Crippen LogP contribution in [0.15, 0.2) is 140 Å². The Morgan fingerprint density at radius 2 is 0.612 bits per heavy atom. The molecule has 7 aromatic carbocycles. The number of benzene rings is 7. The van der Waals surface area contributed by atoms with Gasteiger partial charge in [-0.3, -0.25) is 0 Å². The number of hydrogen-bond donors (Lipinski definition) is 0. The Balaban J connectivity index is 1.24. The van der Waals surface area contributed by atoms with Gasteiger partial charge in [0.05, 0.1) is 33.8 Å². The molecular weight excluding hydrogens is 811 g/mol. The zero-order chi connectivity index (χ0) is 48.0. The maximum atomic E-state index is 2.54. The van der Waals surface area contributed by atoms with Gasteiger partial charge in [-0.1, -0.05) is 178 Å². The zero-order valence-electron chi connectivity index (χ0n) is 43.1. The average molecular weight is 882 g/mol. The second-order valence-corrected chi connectivity index (χ2v) is 24.9. The molecule has 67 heavy (non-hydrogen) atoms. The van der Waals surface area contributed by atoms with E-state index in [0.29, 0.717) is 0 Å². The summed E-state index contributed by atoms with van der Waals surface area (Å²) in [6.45, 7) is 37.6. The van der Waals surface area contributed by atoms with Crippen molar-refractivity contribution in [3.05, 3.63) is 184 Å². The summed E-state index contributed by atoms with van der Waals surface area (Å²) in [4.78, 5) is 5.09. The molecule has 3 heteroatoms. The first-order chi connectivity index (χ1) is 31.3. The van der Waals surface area contributed by atoms with Crippen molar-refractivity contribution >= 4 is 55.9 Å². The van der Waals surface area contributed by atoms with E-state index >= 15 is 0 Å².